The van der Waals surface area contributed by atoms with E-state index in [1.165, 1.54) is 11.1 Å². The lowest BCUT2D eigenvalue weighted by molar-refractivity contribution is 0.203. The summed E-state index contributed by atoms with van der Waals surface area (Å²) in [6.07, 6.45) is 1.33. The molecule has 0 N–H and O–H groups in total. The lowest BCUT2D eigenvalue weighted by Gasteiger charge is -2.06. The van der Waals surface area contributed by atoms with Crippen molar-refractivity contribution in [3.8, 4) is 6.07 Å². The molecule has 0 saturated carbocycles. The minimum atomic E-state index is 0.129. The first-order valence-electron chi connectivity index (χ1n) is 5.06. The first-order valence-corrected chi connectivity index (χ1v) is 5.06. The fraction of sp³-hybridized carbons (Fsp3) is 0.333. The van der Waals surface area contributed by atoms with Crippen molar-refractivity contribution in [3.63, 3.8) is 0 Å². The van der Waals surface area contributed by atoms with Gasteiger partial charge in [0.15, 0.2) is 5.90 Å². The Morgan fingerprint density at radius 2 is 2.33 bits per heavy atom. The normalized spacial score (nSPS) is 26.2. The van der Waals surface area contributed by atoms with Crippen LogP contribution < -0.4 is 0 Å². The van der Waals surface area contributed by atoms with Crippen LogP contribution in [-0.2, 0) is 11.2 Å². The lowest BCUT2D eigenvalue weighted by Crippen LogP contribution is -2.12. The smallest absolute Gasteiger partial charge is 0.198 e. The third-order valence-electron chi connectivity index (χ3n) is 2.95. The Labute approximate surface area is 88.0 Å². The monoisotopic (exact) mass is 198 g/mol. The maximum Gasteiger partial charge on any atom is 0.198 e. The van der Waals surface area contributed by atoms with Gasteiger partial charge in [0.2, 0.25) is 0 Å². The summed E-state index contributed by atoms with van der Waals surface area (Å²) >= 11 is 0. The minimum absolute atomic E-state index is 0.129. The molecule has 3 nitrogen and oxygen atoms in total. The number of rotatable bonds is 1. The van der Waals surface area contributed by atoms with Crippen LogP contribution in [0.15, 0.2) is 29.3 Å². The number of hydrogen-bond donors (Lipinski definition) is 0. The van der Waals surface area contributed by atoms with Gasteiger partial charge >= 0.3 is 0 Å². The summed E-state index contributed by atoms with van der Waals surface area (Å²) in [5, 5.41) is 8.57. The van der Waals surface area contributed by atoms with Crippen molar-refractivity contribution in [2.24, 2.45) is 4.99 Å². The Hall–Kier alpha value is -1.82. The average molecular weight is 198 g/mol. The third-order valence-corrected chi connectivity index (χ3v) is 2.95. The fourth-order valence-electron chi connectivity index (χ4n) is 2.31. The highest BCUT2D eigenvalue weighted by molar-refractivity contribution is 5.80. The third kappa shape index (κ3) is 1.22. The maximum absolute atomic E-state index is 8.57. The van der Waals surface area contributed by atoms with Crippen LogP contribution >= 0.6 is 0 Å². The van der Waals surface area contributed by atoms with E-state index in [1.54, 1.807) is 0 Å². The second-order valence-electron chi connectivity index (χ2n) is 3.86. The van der Waals surface area contributed by atoms with Gasteiger partial charge in [0.25, 0.3) is 0 Å². The molecular weight excluding hydrogens is 188 g/mol. The second kappa shape index (κ2) is 3.09. The predicted molar refractivity (Wildman–Crippen MR) is 55.4 cm³/mol. The number of aliphatic imine (C=N–C) groups is 1. The molecule has 1 unspecified atom stereocenters. The molecule has 0 amide bonds. The molecule has 0 radical (unpaired) electrons. The molecular formula is C12H10N2O. The molecule has 3 rings (SSSR count). The van der Waals surface area contributed by atoms with Crippen LogP contribution in [0.5, 0.6) is 0 Å². The summed E-state index contributed by atoms with van der Waals surface area (Å²) in [7, 11) is 0. The zero-order chi connectivity index (χ0) is 10.3. The first-order chi connectivity index (χ1) is 7.38. The van der Waals surface area contributed by atoms with E-state index < -0.39 is 0 Å². The molecule has 0 bridgehead atoms. The van der Waals surface area contributed by atoms with Crippen molar-refractivity contribution >= 4 is 5.90 Å². The summed E-state index contributed by atoms with van der Waals surface area (Å²) in [5.74, 6) is 0.599. The number of ether oxygens (including phenoxy) is 1. The number of fused-ring (bicyclic) bond motifs is 3. The summed E-state index contributed by atoms with van der Waals surface area (Å²) in [6, 6.07) is 10.5. The first kappa shape index (κ1) is 8.49. The summed E-state index contributed by atoms with van der Waals surface area (Å²) in [6.45, 7) is 0. The standard InChI is InChI=1S/C12H10N2O/c13-6-5-11-14-12-9-4-2-1-3-8(9)7-10(12)15-11/h1-4,10,12H,5,7H2/t10?,12-/m0/s1. The van der Waals surface area contributed by atoms with Crippen LogP contribution in [0.25, 0.3) is 0 Å². The quantitative estimate of drug-likeness (QED) is 0.692. The van der Waals surface area contributed by atoms with Crippen molar-refractivity contribution in [3.05, 3.63) is 35.4 Å². The van der Waals surface area contributed by atoms with Crippen molar-refractivity contribution in [2.45, 2.75) is 25.0 Å². The van der Waals surface area contributed by atoms with Gasteiger partial charge in [0, 0.05) is 6.42 Å². The van der Waals surface area contributed by atoms with Crippen LogP contribution in [0.2, 0.25) is 0 Å². The zero-order valence-electron chi connectivity index (χ0n) is 8.18. The van der Waals surface area contributed by atoms with E-state index in [-0.39, 0.29) is 18.6 Å². The Morgan fingerprint density at radius 1 is 1.47 bits per heavy atom. The molecule has 1 aliphatic carbocycles. The summed E-state index contributed by atoms with van der Waals surface area (Å²) in [4.78, 5) is 4.45. The molecule has 0 spiro atoms. The fourth-order valence-corrected chi connectivity index (χ4v) is 2.31. The summed E-state index contributed by atoms with van der Waals surface area (Å²) in [5.41, 5.74) is 2.59. The molecule has 2 atom stereocenters. The van der Waals surface area contributed by atoms with E-state index in [9.17, 15) is 0 Å². The van der Waals surface area contributed by atoms with Gasteiger partial charge in [-0.3, -0.25) is 0 Å². The molecule has 0 saturated heterocycles. The highest BCUT2D eigenvalue weighted by Crippen LogP contribution is 2.39. The van der Waals surface area contributed by atoms with Crippen LogP contribution in [0.1, 0.15) is 23.6 Å². The van der Waals surface area contributed by atoms with Crippen LogP contribution in [0.4, 0.5) is 0 Å². The van der Waals surface area contributed by atoms with E-state index in [2.05, 4.69) is 23.2 Å². The number of benzene rings is 1. The van der Waals surface area contributed by atoms with Crippen LogP contribution in [0, 0.1) is 11.3 Å². The van der Waals surface area contributed by atoms with E-state index in [4.69, 9.17) is 10.00 Å². The van der Waals surface area contributed by atoms with E-state index in [1.807, 2.05) is 12.1 Å². The van der Waals surface area contributed by atoms with E-state index in [0.29, 0.717) is 5.90 Å². The van der Waals surface area contributed by atoms with Crippen LogP contribution in [-0.4, -0.2) is 12.0 Å². The molecule has 1 aromatic carbocycles. The lowest BCUT2D eigenvalue weighted by atomic mass is 10.1. The van der Waals surface area contributed by atoms with Crippen molar-refractivity contribution in [1.82, 2.24) is 0 Å². The summed E-state index contributed by atoms with van der Waals surface area (Å²) < 4.78 is 5.64. The van der Waals surface area contributed by atoms with Crippen molar-refractivity contribution in [2.75, 3.05) is 0 Å². The number of hydrogen-bond acceptors (Lipinski definition) is 3. The highest BCUT2D eigenvalue weighted by atomic mass is 16.5. The molecule has 1 aromatic rings. The Kier molecular flexibility index (Phi) is 1.75. The largest absolute Gasteiger partial charge is 0.474 e. The molecule has 1 aliphatic heterocycles. The molecule has 0 aromatic heterocycles. The van der Waals surface area contributed by atoms with Crippen molar-refractivity contribution in [1.29, 1.82) is 5.26 Å². The van der Waals surface area contributed by atoms with Crippen molar-refractivity contribution < 1.29 is 4.74 Å². The molecule has 2 aliphatic rings. The van der Waals surface area contributed by atoms with Gasteiger partial charge in [-0.2, -0.15) is 5.26 Å². The zero-order valence-corrected chi connectivity index (χ0v) is 8.18. The van der Waals surface area contributed by atoms with Gasteiger partial charge in [-0.05, 0) is 11.1 Å². The van der Waals surface area contributed by atoms with Gasteiger partial charge in [-0.1, -0.05) is 24.3 Å². The number of nitrogens with zero attached hydrogens (tertiary/aromatic N) is 2. The van der Waals surface area contributed by atoms with E-state index >= 15 is 0 Å². The number of nitriles is 1. The van der Waals surface area contributed by atoms with Gasteiger partial charge in [0.1, 0.15) is 18.6 Å². The Balaban J connectivity index is 1.95. The van der Waals surface area contributed by atoms with Crippen LogP contribution in [0.3, 0.4) is 0 Å². The van der Waals surface area contributed by atoms with Gasteiger partial charge in [-0.25, -0.2) is 4.99 Å². The molecule has 74 valence electrons. The topological polar surface area (TPSA) is 45.4 Å². The maximum atomic E-state index is 8.57. The average Bonchev–Trinajstić information content (AvgIpc) is 2.75. The van der Waals surface area contributed by atoms with E-state index in [0.717, 1.165) is 6.42 Å². The van der Waals surface area contributed by atoms with Gasteiger partial charge < -0.3 is 4.74 Å². The molecule has 3 heteroatoms. The molecule has 15 heavy (non-hydrogen) atoms. The SMILES string of the molecule is N#CCC1=N[C@H]2c3ccccc3CC2O1. The highest BCUT2D eigenvalue weighted by Gasteiger charge is 2.38. The Bertz CT molecular complexity index is 473. The molecule has 0 fully saturated rings. The predicted octanol–water partition coefficient (Wildman–Crippen LogP) is 1.99. The van der Waals surface area contributed by atoms with Gasteiger partial charge in [0.05, 0.1) is 6.07 Å². The second-order valence-corrected chi connectivity index (χ2v) is 3.86. The Morgan fingerprint density at radius 3 is 3.20 bits per heavy atom. The van der Waals surface area contributed by atoms with Gasteiger partial charge in [-0.15, -0.1) is 0 Å². The minimum Gasteiger partial charge on any atom is -0.474 e. The molecule has 1 heterocycles.